The minimum Gasteiger partial charge on any atom is -0.396 e. The first-order valence-electron chi connectivity index (χ1n) is 5.40. The van der Waals surface area contributed by atoms with Crippen molar-refractivity contribution < 1.29 is 4.79 Å². The van der Waals surface area contributed by atoms with Gasteiger partial charge in [0.15, 0.2) is 0 Å². The summed E-state index contributed by atoms with van der Waals surface area (Å²) in [5.41, 5.74) is 7.01. The van der Waals surface area contributed by atoms with Crippen molar-refractivity contribution in [1.29, 1.82) is 0 Å². The van der Waals surface area contributed by atoms with Crippen LogP contribution in [-0.2, 0) is 0 Å². The van der Waals surface area contributed by atoms with Gasteiger partial charge in [0, 0.05) is 17.7 Å². The summed E-state index contributed by atoms with van der Waals surface area (Å²) in [5, 5.41) is 3.15. The van der Waals surface area contributed by atoms with Crippen molar-refractivity contribution in [3.8, 4) is 0 Å². The van der Waals surface area contributed by atoms with Gasteiger partial charge in [0.05, 0.1) is 10.4 Å². The number of carbonyl (C=O) groups excluding carboxylic acids is 1. The Morgan fingerprint density at radius 3 is 3.00 bits per heavy atom. The van der Waals surface area contributed by atoms with Crippen molar-refractivity contribution in [2.24, 2.45) is 0 Å². The topological polar surface area (TPSA) is 93.8 Å². The first kappa shape index (κ1) is 12.0. The van der Waals surface area contributed by atoms with Gasteiger partial charge in [-0.25, -0.2) is 4.98 Å². The molecule has 0 saturated carbocycles. The third-order valence-electron chi connectivity index (χ3n) is 2.44. The van der Waals surface area contributed by atoms with E-state index in [9.17, 15) is 4.79 Å². The van der Waals surface area contributed by atoms with Crippen molar-refractivity contribution in [3.05, 3.63) is 29.0 Å². The van der Waals surface area contributed by atoms with Gasteiger partial charge >= 0.3 is 0 Å². The smallest absolute Gasteiger partial charge is 0.269 e. The van der Waals surface area contributed by atoms with Gasteiger partial charge in [-0.2, -0.15) is 4.37 Å². The van der Waals surface area contributed by atoms with E-state index in [1.54, 1.807) is 13.1 Å². The lowest BCUT2D eigenvalue weighted by atomic mass is 10.3. The van der Waals surface area contributed by atoms with Crippen LogP contribution in [0.3, 0.4) is 0 Å². The molecule has 3 N–H and O–H groups in total. The lowest BCUT2D eigenvalue weighted by Crippen LogP contribution is -2.11. The summed E-state index contributed by atoms with van der Waals surface area (Å²) < 4.78 is 4.89. The van der Waals surface area contributed by atoms with E-state index in [1.165, 1.54) is 11.3 Å². The number of carbonyl (C=O) groups is 1. The highest BCUT2D eigenvalue weighted by Crippen LogP contribution is 2.32. The molecular weight excluding hydrogens is 282 g/mol. The molecule has 0 bridgehead atoms. The van der Waals surface area contributed by atoms with Crippen LogP contribution in [0.1, 0.15) is 15.5 Å². The molecule has 0 aromatic carbocycles. The summed E-state index contributed by atoms with van der Waals surface area (Å²) in [5.74, 6) is 0.350. The van der Waals surface area contributed by atoms with Crippen LogP contribution in [0.25, 0.3) is 10.2 Å². The van der Waals surface area contributed by atoms with Crippen LogP contribution in [0.2, 0.25) is 0 Å². The molecule has 0 radical (unpaired) electrons. The first-order valence-corrected chi connectivity index (χ1v) is 6.99. The highest BCUT2D eigenvalue weighted by atomic mass is 32.1. The normalized spacial score (nSPS) is 10.8. The van der Waals surface area contributed by atoms with E-state index in [1.807, 2.05) is 12.1 Å². The molecule has 0 aliphatic rings. The number of rotatable bonds is 2. The van der Waals surface area contributed by atoms with Crippen molar-refractivity contribution in [1.82, 2.24) is 14.3 Å². The van der Waals surface area contributed by atoms with Crippen molar-refractivity contribution in [2.75, 3.05) is 11.1 Å². The Kier molecular flexibility index (Phi) is 2.88. The first-order chi connectivity index (χ1) is 9.15. The molecular formula is C11H9N5OS2. The van der Waals surface area contributed by atoms with E-state index in [0.29, 0.717) is 27.0 Å². The lowest BCUT2D eigenvalue weighted by molar-refractivity contribution is 0.103. The Labute approximate surface area is 116 Å². The maximum Gasteiger partial charge on any atom is 0.269 e. The van der Waals surface area contributed by atoms with Gasteiger partial charge in [-0.1, -0.05) is 0 Å². The molecule has 0 spiro atoms. The maximum atomic E-state index is 12.1. The molecule has 3 rings (SSSR count). The predicted octanol–water partition coefficient (Wildman–Crippen LogP) is 2.29. The number of anilines is 2. The lowest BCUT2D eigenvalue weighted by Gasteiger charge is -1.98. The fourth-order valence-electron chi connectivity index (χ4n) is 1.62. The van der Waals surface area contributed by atoms with Crippen LogP contribution in [0.4, 0.5) is 10.8 Å². The van der Waals surface area contributed by atoms with Crippen molar-refractivity contribution in [3.63, 3.8) is 0 Å². The van der Waals surface area contributed by atoms with Crippen LogP contribution < -0.4 is 11.1 Å². The zero-order chi connectivity index (χ0) is 13.4. The predicted molar refractivity (Wildman–Crippen MR) is 76.6 cm³/mol. The van der Waals surface area contributed by atoms with Gasteiger partial charge in [-0.05, 0) is 19.1 Å². The number of hydrogen-bond donors (Lipinski definition) is 2. The Morgan fingerprint density at radius 2 is 2.32 bits per heavy atom. The van der Waals surface area contributed by atoms with E-state index < -0.39 is 0 Å². The highest BCUT2D eigenvalue weighted by molar-refractivity contribution is 7.21. The molecule has 0 saturated heterocycles. The molecule has 0 unspecified atom stereocenters. The number of thiophene rings is 1. The number of pyridine rings is 1. The monoisotopic (exact) mass is 291 g/mol. The molecule has 19 heavy (non-hydrogen) atoms. The minimum absolute atomic E-state index is 0.281. The van der Waals surface area contributed by atoms with Gasteiger partial charge in [0.25, 0.3) is 5.91 Å². The number of fused-ring (bicyclic) bond motifs is 1. The van der Waals surface area contributed by atoms with E-state index in [0.717, 1.165) is 16.2 Å². The zero-order valence-electron chi connectivity index (χ0n) is 9.88. The Bertz CT molecular complexity index is 763. The number of nitrogens with two attached hydrogens (primary N) is 1. The molecule has 3 aromatic heterocycles. The molecule has 3 aromatic rings. The van der Waals surface area contributed by atoms with Crippen LogP contribution in [0.15, 0.2) is 18.3 Å². The molecule has 3 heterocycles. The van der Waals surface area contributed by atoms with Crippen LogP contribution in [0.5, 0.6) is 0 Å². The van der Waals surface area contributed by atoms with E-state index in [2.05, 4.69) is 19.7 Å². The number of nitrogen functional groups attached to an aromatic ring is 1. The van der Waals surface area contributed by atoms with Crippen LogP contribution >= 0.6 is 22.9 Å². The molecule has 0 fully saturated rings. The second-order valence-corrected chi connectivity index (χ2v) is 5.60. The third kappa shape index (κ3) is 2.15. The highest BCUT2D eigenvalue weighted by Gasteiger charge is 2.18. The van der Waals surface area contributed by atoms with Gasteiger partial charge in [-0.3, -0.25) is 15.1 Å². The summed E-state index contributed by atoms with van der Waals surface area (Å²) in [4.78, 5) is 20.8. The number of nitrogens with one attached hydrogen (secondary N) is 1. The molecule has 96 valence electrons. The van der Waals surface area contributed by atoms with Gasteiger partial charge in [0.1, 0.15) is 16.2 Å². The van der Waals surface area contributed by atoms with E-state index in [4.69, 9.17) is 5.73 Å². The molecule has 6 nitrogen and oxygen atoms in total. The van der Waals surface area contributed by atoms with E-state index in [-0.39, 0.29) is 5.91 Å². The number of aryl methyl sites for hydroxylation is 1. The van der Waals surface area contributed by atoms with Crippen LogP contribution in [-0.4, -0.2) is 20.2 Å². The molecule has 0 aliphatic carbocycles. The number of hydrogen-bond acceptors (Lipinski definition) is 7. The number of nitrogens with zero attached hydrogens (tertiary/aromatic N) is 3. The van der Waals surface area contributed by atoms with E-state index >= 15 is 0 Å². The Morgan fingerprint density at radius 1 is 1.47 bits per heavy atom. The molecule has 0 aliphatic heterocycles. The standard InChI is InChI=1S/C11H9N5OS2/c1-5-14-11(19-16-5)15-10(17)9-7(12)8-6(18-9)3-2-4-13-8/h2-4H,12H2,1H3,(H,14,15,16,17). The summed E-state index contributed by atoms with van der Waals surface area (Å²) >= 11 is 2.46. The molecule has 1 amide bonds. The third-order valence-corrected chi connectivity index (χ3v) is 4.32. The van der Waals surface area contributed by atoms with Gasteiger partial charge < -0.3 is 5.73 Å². The zero-order valence-corrected chi connectivity index (χ0v) is 11.5. The average molecular weight is 291 g/mol. The molecule has 8 heteroatoms. The summed E-state index contributed by atoms with van der Waals surface area (Å²) in [7, 11) is 0. The summed E-state index contributed by atoms with van der Waals surface area (Å²) in [6.07, 6.45) is 1.65. The fraction of sp³-hybridized carbons (Fsp3) is 0.0909. The van der Waals surface area contributed by atoms with Gasteiger partial charge in [0.2, 0.25) is 5.13 Å². The SMILES string of the molecule is Cc1nsc(NC(=O)c2sc3cccnc3c2N)n1. The van der Waals surface area contributed by atoms with Crippen molar-refractivity contribution in [2.45, 2.75) is 6.92 Å². The molecule has 0 atom stereocenters. The second kappa shape index (κ2) is 4.56. The number of aromatic nitrogens is 3. The average Bonchev–Trinajstić information content (AvgIpc) is 2.94. The summed E-state index contributed by atoms with van der Waals surface area (Å²) in [6, 6.07) is 3.70. The maximum absolute atomic E-state index is 12.1. The quantitative estimate of drug-likeness (QED) is 0.755. The minimum atomic E-state index is -0.281. The van der Waals surface area contributed by atoms with Gasteiger partial charge in [-0.15, -0.1) is 11.3 Å². The number of amides is 1. The largest absolute Gasteiger partial charge is 0.396 e. The van der Waals surface area contributed by atoms with Crippen LogP contribution in [0, 0.1) is 6.92 Å². The Hall–Kier alpha value is -2.06. The second-order valence-electron chi connectivity index (χ2n) is 3.80. The van der Waals surface area contributed by atoms with Crippen molar-refractivity contribution >= 4 is 49.8 Å². The fourth-order valence-corrected chi connectivity index (χ4v) is 3.16. The Balaban J connectivity index is 1.95. The summed E-state index contributed by atoms with van der Waals surface area (Å²) in [6.45, 7) is 1.77.